The molecule has 11 heteroatoms. The largest absolute Gasteiger partial charge is 0.492 e. The van der Waals surface area contributed by atoms with Crippen LogP contribution in [0.5, 0.6) is 5.75 Å². The molecule has 3 heterocycles. The normalized spacial score (nSPS) is 15.3. The Morgan fingerprint density at radius 2 is 1.89 bits per heavy atom. The maximum atomic E-state index is 11.7. The van der Waals surface area contributed by atoms with E-state index in [2.05, 4.69) is 58.0 Å². The fourth-order valence-electron chi connectivity index (χ4n) is 4.23. The van der Waals surface area contributed by atoms with E-state index in [9.17, 15) is 9.90 Å². The highest BCUT2D eigenvalue weighted by Crippen LogP contribution is 2.41. The Morgan fingerprint density at radius 3 is 2.57 bits per heavy atom. The highest BCUT2D eigenvalue weighted by molar-refractivity contribution is 8.00. The van der Waals surface area contributed by atoms with Gasteiger partial charge in [-0.3, -0.25) is 0 Å². The van der Waals surface area contributed by atoms with Crippen molar-refractivity contribution in [2.45, 2.75) is 50.7 Å². The molecule has 1 aliphatic heterocycles. The monoisotopic (exact) mass is 527 g/mol. The molecule has 2 aromatic heterocycles. The first-order valence-electron chi connectivity index (χ1n) is 12.6. The van der Waals surface area contributed by atoms with E-state index in [1.807, 2.05) is 19.1 Å². The van der Waals surface area contributed by atoms with Gasteiger partial charge in [-0.25, -0.2) is 14.8 Å². The van der Waals surface area contributed by atoms with Gasteiger partial charge >= 0.3 is 6.09 Å². The molecular formula is C26H37N7O3S. The van der Waals surface area contributed by atoms with Crippen molar-refractivity contribution in [1.82, 2.24) is 29.5 Å². The van der Waals surface area contributed by atoms with E-state index >= 15 is 0 Å². The lowest BCUT2D eigenvalue weighted by molar-refractivity contribution is 0.145. The number of aryl methyl sites for hydroxylation is 1. The molecular weight excluding hydrogens is 490 g/mol. The van der Waals surface area contributed by atoms with Crippen molar-refractivity contribution in [2.75, 3.05) is 51.7 Å². The van der Waals surface area contributed by atoms with Crippen LogP contribution in [0.2, 0.25) is 0 Å². The lowest BCUT2D eigenvalue weighted by Crippen LogP contribution is -2.44. The van der Waals surface area contributed by atoms with Crippen molar-refractivity contribution >= 4 is 40.4 Å². The molecule has 0 atom stereocenters. The highest BCUT2D eigenvalue weighted by Gasteiger charge is 2.21. The third-order valence-corrected chi connectivity index (χ3v) is 7.52. The summed E-state index contributed by atoms with van der Waals surface area (Å²) in [6.45, 7) is 16.2. The zero-order chi connectivity index (χ0) is 26.7. The van der Waals surface area contributed by atoms with Crippen LogP contribution < -0.4 is 10.1 Å². The molecule has 1 aromatic carbocycles. The minimum atomic E-state index is -1.16. The number of fused-ring (bicyclic) bond motifs is 1. The van der Waals surface area contributed by atoms with E-state index in [0.717, 1.165) is 70.9 Å². The van der Waals surface area contributed by atoms with Crippen molar-refractivity contribution in [2.24, 2.45) is 0 Å². The Balaban J connectivity index is 1.59. The van der Waals surface area contributed by atoms with E-state index in [4.69, 9.17) is 4.74 Å². The van der Waals surface area contributed by atoms with Gasteiger partial charge < -0.3 is 25.0 Å². The van der Waals surface area contributed by atoms with Gasteiger partial charge in [0.15, 0.2) is 0 Å². The van der Waals surface area contributed by atoms with Crippen molar-refractivity contribution in [3.8, 4) is 5.75 Å². The Bertz CT molecular complexity index is 1260. The number of likely N-dealkylation sites (N-methyl/N-ethyl adjacent to an activating group) is 1. The molecule has 0 amide bonds. The van der Waals surface area contributed by atoms with Gasteiger partial charge in [-0.15, -0.1) is 16.4 Å². The number of anilines is 2. The highest BCUT2D eigenvalue weighted by atomic mass is 32.2. The molecule has 2 N–H and O–H groups in total. The van der Waals surface area contributed by atoms with Crippen LogP contribution >= 0.6 is 11.8 Å². The number of carboxylic acid groups (broad SMARTS) is 1. The maximum Gasteiger partial charge on any atom is 0.434 e. The smallest absolute Gasteiger partial charge is 0.434 e. The van der Waals surface area contributed by atoms with Crippen LogP contribution in [0.3, 0.4) is 0 Å². The number of piperazine rings is 1. The minimum absolute atomic E-state index is 0.0372. The standard InChI is InChI=1S/C26H37N7O3S/c1-17-18(2)30-33(25(34)35)24(17)29-23-19-14-22(37-26(3,4)5)21(15-20(19)27-16-28-23)36-13-7-8-32-11-9-31(6)10-12-32/h14-16H,7-13H2,1-6H3,(H,34,35)(H,27,28,29). The Kier molecular flexibility index (Phi) is 8.25. The van der Waals surface area contributed by atoms with Gasteiger partial charge in [-0.2, -0.15) is 5.10 Å². The number of nitrogens with one attached hydrogen (secondary N) is 1. The number of rotatable bonds is 8. The second-order valence-electron chi connectivity index (χ2n) is 10.5. The maximum absolute atomic E-state index is 11.7. The lowest BCUT2D eigenvalue weighted by Gasteiger charge is -2.32. The van der Waals surface area contributed by atoms with E-state index in [1.165, 1.54) is 6.33 Å². The summed E-state index contributed by atoms with van der Waals surface area (Å²) in [6, 6.07) is 3.99. The number of carbonyl (C=O) groups is 1. The van der Waals surface area contributed by atoms with Crippen LogP contribution in [0.1, 0.15) is 38.4 Å². The summed E-state index contributed by atoms with van der Waals surface area (Å²) in [5, 5.41) is 17.7. The van der Waals surface area contributed by atoms with E-state index in [1.54, 1.807) is 18.7 Å². The number of thioether (sulfide) groups is 1. The van der Waals surface area contributed by atoms with Crippen LogP contribution in [0.15, 0.2) is 23.4 Å². The Hall–Kier alpha value is -2.89. The first-order chi connectivity index (χ1) is 17.5. The summed E-state index contributed by atoms with van der Waals surface area (Å²) in [5.74, 6) is 1.70. The quantitative estimate of drug-likeness (QED) is 0.318. The molecule has 0 spiro atoms. The molecule has 1 aliphatic rings. The zero-order valence-corrected chi connectivity index (χ0v) is 23.4. The first kappa shape index (κ1) is 27.2. The number of aromatic nitrogens is 4. The summed E-state index contributed by atoms with van der Waals surface area (Å²) in [7, 11) is 2.17. The summed E-state index contributed by atoms with van der Waals surface area (Å²) in [6.07, 6.45) is 1.27. The number of hydrogen-bond donors (Lipinski definition) is 2. The van der Waals surface area contributed by atoms with Crippen molar-refractivity contribution in [3.05, 3.63) is 29.7 Å². The number of nitrogens with zero attached hydrogens (tertiary/aromatic N) is 6. The van der Waals surface area contributed by atoms with Gasteiger partial charge in [0.1, 0.15) is 23.7 Å². The molecule has 0 saturated carbocycles. The molecule has 1 saturated heterocycles. The molecule has 10 nitrogen and oxygen atoms in total. The summed E-state index contributed by atoms with van der Waals surface area (Å²) >= 11 is 1.72. The van der Waals surface area contributed by atoms with E-state index in [0.29, 0.717) is 23.9 Å². The van der Waals surface area contributed by atoms with Crippen LogP contribution in [0.4, 0.5) is 16.4 Å². The van der Waals surface area contributed by atoms with Gasteiger partial charge in [0.2, 0.25) is 0 Å². The molecule has 200 valence electrons. The zero-order valence-electron chi connectivity index (χ0n) is 22.5. The fourth-order valence-corrected chi connectivity index (χ4v) is 5.29. The number of ether oxygens (including phenoxy) is 1. The molecule has 0 aliphatic carbocycles. The SMILES string of the molecule is Cc1nn(C(=O)O)c(Nc2ncnc3cc(OCCCN4CCN(C)CC4)c(SC(C)(C)C)cc23)c1C. The molecule has 0 radical (unpaired) electrons. The topological polar surface area (TPSA) is 109 Å². The van der Waals surface area contributed by atoms with Crippen LogP contribution in [-0.2, 0) is 0 Å². The average molecular weight is 528 g/mol. The predicted octanol–water partition coefficient (Wildman–Crippen LogP) is 4.62. The summed E-state index contributed by atoms with van der Waals surface area (Å²) in [5.41, 5.74) is 2.11. The molecule has 37 heavy (non-hydrogen) atoms. The number of benzene rings is 1. The average Bonchev–Trinajstić information content (AvgIpc) is 3.11. The van der Waals surface area contributed by atoms with Gasteiger partial charge in [0.25, 0.3) is 0 Å². The second-order valence-corrected chi connectivity index (χ2v) is 12.3. The van der Waals surface area contributed by atoms with Crippen molar-refractivity contribution in [1.29, 1.82) is 0 Å². The minimum Gasteiger partial charge on any atom is -0.492 e. The molecule has 0 unspecified atom stereocenters. The van der Waals surface area contributed by atoms with Gasteiger partial charge in [0, 0.05) is 54.5 Å². The second kappa shape index (κ2) is 11.2. The van der Waals surface area contributed by atoms with E-state index in [-0.39, 0.29) is 4.75 Å². The third kappa shape index (κ3) is 6.71. The van der Waals surface area contributed by atoms with E-state index < -0.39 is 6.09 Å². The lowest BCUT2D eigenvalue weighted by atomic mass is 10.2. The Labute approximate surface area is 222 Å². The summed E-state index contributed by atoms with van der Waals surface area (Å²) < 4.78 is 7.21. The van der Waals surface area contributed by atoms with Gasteiger partial charge in [-0.05, 0) is 33.4 Å². The summed E-state index contributed by atoms with van der Waals surface area (Å²) in [4.78, 5) is 26.5. The predicted molar refractivity (Wildman–Crippen MR) is 148 cm³/mol. The Morgan fingerprint density at radius 1 is 1.16 bits per heavy atom. The molecule has 3 aromatic rings. The van der Waals surface area contributed by atoms with Crippen LogP contribution in [0, 0.1) is 13.8 Å². The molecule has 1 fully saturated rings. The fraction of sp³-hybridized carbons (Fsp3) is 0.538. The van der Waals surface area contributed by atoms with Crippen molar-refractivity contribution in [3.63, 3.8) is 0 Å². The molecule has 0 bridgehead atoms. The molecule has 4 rings (SSSR count). The van der Waals surface area contributed by atoms with Gasteiger partial charge in [-0.1, -0.05) is 20.8 Å². The number of hydrogen-bond acceptors (Lipinski definition) is 9. The van der Waals surface area contributed by atoms with Gasteiger partial charge in [0.05, 0.1) is 22.7 Å². The van der Waals surface area contributed by atoms with Crippen LogP contribution in [-0.4, -0.2) is 91.9 Å². The van der Waals surface area contributed by atoms with Crippen LogP contribution in [0.25, 0.3) is 10.9 Å². The van der Waals surface area contributed by atoms with Crippen molar-refractivity contribution < 1.29 is 14.6 Å². The first-order valence-corrected chi connectivity index (χ1v) is 13.4. The third-order valence-electron chi connectivity index (χ3n) is 6.37.